The molecular formula is C8H9ClO2. The minimum Gasteiger partial charge on any atom is -0.458 e. The number of hydrogen-bond acceptors (Lipinski definition) is 2. The first-order valence-electron chi connectivity index (χ1n) is 3.34. The number of cyclic esters (lactones) is 1. The Kier molecular flexibility index (Phi) is 2.35. The molecule has 0 aliphatic carbocycles. The predicted octanol–water partition coefficient (Wildman–Crippen LogP) is 1.86. The molecule has 0 bridgehead atoms. The maximum absolute atomic E-state index is 11.0. The smallest absolute Gasteiger partial charge is 0.335 e. The first-order chi connectivity index (χ1) is 5.20. The van der Waals surface area contributed by atoms with Gasteiger partial charge in [0.15, 0.2) is 0 Å². The lowest BCUT2D eigenvalue weighted by atomic mass is 9.99. The van der Waals surface area contributed by atoms with Crippen LogP contribution in [-0.2, 0) is 9.53 Å². The summed E-state index contributed by atoms with van der Waals surface area (Å²) < 4.78 is 4.91. The summed E-state index contributed by atoms with van der Waals surface area (Å²) in [6.07, 6.45) is 1.54. The van der Waals surface area contributed by atoms with Crippen molar-refractivity contribution in [2.45, 2.75) is 13.0 Å². The standard InChI is InChI=1S/C8H9ClO2/c1-3-6-5(2)11-8(10)7(6)4-9/h3-6H,1H2,2H3/b7-4-/t5-,6-/m0/s1. The second-order valence-electron chi connectivity index (χ2n) is 2.44. The van der Waals surface area contributed by atoms with Crippen molar-refractivity contribution >= 4 is 17.6 Å². The van der Waals surface area contributed by atoms with Crippen LogP contribution in [0.15, 0.2) is 23.8 Å². The van der Waals surface area contributed by atoms with Gasteiger partial charge in [-0.3, -0.25) is 0 Å². The van der Waals surface area contributed by atoms with E-state index >= 15 is 0 Å². The number of esters is 1. The molecule has 0 aromatic rings. The molecule has 0 amide bonds. The van der Waals surface area contributed by atoms with E-state index in [1.54, 1.807) is 6.08 Å². The van der Waals surface area contributed by atoms with E-state index in [0.29, 0.717) is 5.57 Å². The molecule has 0 aromatic heterocycles. The van der Waals surface area contributed by atoms with E-state index in [1.807, 2.05) is 6.92 Å². The average Bonchev–Trinajstić information content (AvgIpc) is 2.24. The molecule has 0 radical (unpaired) electrons. The van der Waals surface area contributed by atoms with Gasteiger partial charge in [0.2, 0.25) is 0 Å². The molecule has 0 spiro atoms. The van der Waals surface area contributed by atoms with Gasteiger partial charge in [-0.25, -0.2) is 4.79 Å². The fourth-order valence-corrected chi connectivity index (χ4v) is 1.37. The summed E-state index contributed by atoms with van der Waals surface area (Å²) in [6.45, 7) is 5.41. The monoisotopic (exact) mass is 172 g/mol. The fourth-order valence-electron chi connectivity index (χ4n) is 1.14. The summed E-state index contributed by atoms with van der Waals surface area (Å²) in [4.78, 5) is 11.0. The lowest BCUT2D eigenvalue weighted by molar-refractivity contribution is -0.138. The van der Waals surface area contributed by atoms with E-state index < -0.39 is 0 Å². The molecule has 1 rings (SSSR count). The van der Waals surface area contributed by atoms with Gasteiger partial charge in [0, 0.05) is 11.5 Å². The van der Waals surface area contributed by atoms with Crippen LogP contribution in [0, 0.1) is 5.92 Å². The van der Waals surface area contributed by atoms with E-state index in [1.165, 1.54) is 5.54 Å². The molecule has 0 saturated carbocycles. The zero-order chi connectivity index (χ0) is 8.43. The molecule has 0 aromatic carbocycles. The third kappa shape index (κ3) is 1.31. The van der Waals surface area contributed by atoms with E-state index in [9.17, 15) is 4.79 Å². The highest BCUT2D eigenvalue weighted by atomic mass is 35.5. The van der Waals surface area contributed by atoms with Crippen LogP contribution in [0.4, 0.5) is 0 Å². The number of carbonyl (C=O) groups excluding carboxylic acids is 1. The minimum atomic E-state index is -0.336. The Morgan fingerprint density at radius 3 is 2.73 bits per heavy atom. The molecule has 3 heteroatoms. The summed E-state index contributed by atoms with van der Waals surface area (Å²) in [6, 6.07) is 0. The van der Waals surface area contributed by atoms with Crippen LogP contribution < -0.4 is 0 Å². The number of carbonyl (C=O) groups is 1. The molecule has 2 nitrogen and oxygen atoms in total. The third-order valence-corrected chi connectivity index (χ3v) is 2.00. The number of hydrogen-bond donors (Lipinski definition) is 0. The normalized spacial score (nSPS) is 34.0. The van der Waals surface area contributed by atoms with Crippen LogP contribution in [0.1, 0.15) is 6.92 Å². The summed E-state index contributed by atoms with van der Waals surface area (Å²) in [7, 11) is 0. The highest BCUT2D eigenvalue weighted by Gasteiger charge is 2.34. The predicted molar refractivity (Wildman–Crippen MR) is 43.2 cm³/mol. The first kappa shape index (κ1) is 8.34. The van der Waals surface area contributed by atoms with Crippen molar-refractivity contribution < 1.29 is 9.53 Å². The van der Waals surface area contributed by atoms with Gasteiger partial charge in [-0.15, -0.1) is 6.58 Å². The molecule has 1 aliphatic rings. The van der Waals surface area contributed by atoms with Crippen molar-refractivity contribution in [1.82, 2.24) is 0 Å². The molecule has 0 N–H and O–H groups in total. The van der Waals surface area contributed by atoms with Crippen molar-refractivity contribution in [2.75, 3.05) is 0 Å². The van der Waals surface area contributed by atoms with Gasteiger partial charge in [0.05, 0.1) is 5.57 Å². The second kappa shape index (κ2) is 3.09. The molecule has 0 unspecified atom stereocenters. The molecule has 1 aliphatic heterocycles. The van der Waals surface area contributed by atoms with Crippen molar-refractivity contribution in [3.8, 4) is 0 Å². The second-order valence-corrected chi connectivity index (χ2v) is 2.65. The highest BCUT2D eigenvalue weighted by molar-refractivity contribution is 6.27. The fraction of sp³-hybridized carbons (Fsp3) is 0.375. The first-order valence-corrected chi connectivity index (χ1v) is 3.78. The third-order valence-electron chi connectivity index (χ3n) is 1.76. The van der Waals surface area contributed by atoms with Crippen LogP contribution in [0.5, 0.6) is 0 Å². The number of rotatable bonds is 1. The molecule has 1 heterocycles. The molecule has 1 fully saturated rings. The summed E-state index contributed by atoms with van der Waals surface area (Å²) >= 11 is 5.43. The summed E-state index contributed by atoms with van der Waals surface area (Å²) in [5, 5.41) is 0. The SMILES string of the molecule is C=C[C@@H]1/C(=C/Cl)C(=O)O[C@H]1C. The Balaban J connectivity index is 2.92. The van der Waals surface area contributed by atoms with Gasteiger partial charge < -0.3 is 4.74 Å². The van der Waals surface area contributed by atoms with E-state index in [-0.39, 0.29) is 18.0 Å². The highest BCUT2D eigenvalue weighted by Crippen LogP contribution is 2.28. The number of ether oxygens (including phenoxy) is 1. The molecular weight excluding hydrogens is 164 g/mol. The van der Waals surface area contributed by atoms with Gasteiger partial charge >= 0.3 is 5.97 Å². The summed E-state index contributed by atoms with van der Waals surface area (Å²) in [5.41, 5.74) is 1.76. The van der Waals surface area contributed by atoms with Crippen LogP contribution in [-0.4, -0.2) is 12.1 Å². The van der Waals surface area contributed by atoms with Crippen molar-refractivity contribution in [2.24, 2.45) is 5.92 Å². The van der Waals surface area contributed by atoms with Gasteiger partial charge in [-0.05, 0) is 6.92 Å². The topological polar surface area (TPSA) is 26.3 Å². The Hall–Kier alpha value is -0.760. The van der Waals surface area contributed by atoms with Gasteiger partial charge in [-0.2, -0.15) is 0 Å². The summed E-state index contributed by atoms with van der Waals surface area (Å²) in [5.74, 6) is -0.391. The van der Waals surface area contributed by atoms with E-state index in [4.69, 9.17) is 16.3 Å². The lowest BCUT2D eigenvalue weighted by Crippen LogP contribution is -2.08. The zero-order valence-electron chi connectivity index (χ0n) is 6.21. The van der Waals surface area contributed by atoms with Gasteiger partial charge in [0.25, 0.3) is 0 Å². The van der Waals surface area contributed by atoms with Crippen molar-refractivity contribution in [1.29, 1.82) is 0 Å². The maximum Gasteiger partial charge on any atom is 0.335 e. The van der Waals surface area contributed by atoms with Gasteiger partial charge in [-0.1, -0.05) is 17.7 Å². The van der Waals surface area contributed by atoms with E-state index in [2.05, 4.69) is 6.58 Å². The Labute approximate surface area is 70.5 Å². The Morgan fingerprint density at radius 2 is 2.36 bits per heavy atom. The number of halogens is 1. The van der Waals surface area contributed by atoms with Crippen LogP contribution in [0.25, 0.3) is 0 Å². The Bertz CT molecular complexity index is 220. The van der Waals surface area contributed by atoms with Crippen LogP contribution in [0.2, 0.25) is 0 Å². The molecule has 11 heavy (non-hydrogen) atoms. The average molecular weight is 173 g/mol. The minimum absolute atomic E-state index is 0.0556. The molecule has 1 saturated heterocycles. The zero-order valence-corrected chi connectivity index (χ0v) is 6.97. The molecule has 60 valence electrons. The van der Waals surface area contributed by atoms with Gasteiger partial charge in [0.1, 0.15) is 6.10 Å². The largest absolute Gasteiger partial charge is 0.458 e. The quantitative estimate of drug-likeness (QED) is 0.343. The van der Waals surface area contributed by atoms with Crippen LogP contribution in [0.3, 0.4) is 0 Å². The van der Waals surface area contributed by atoms with Crippen LogP contribution >= 0.6 is 11.6 Å². The maximum atomic E-state index is 11.0. The van der Waals surface area contributed by atoms with E-state index in [0.717, 1.165) is 0 Å². The molecule has 2 atom stereocenters. The van der Waals surface area contributed by atoms with Crippen molar-refractivity contribution in [3.63, 3.8) is 0 Å². The Morgan fingerprint density at radius 1 is 1.73 bits per heavy atom. The van der Waals surface area contributed by atoms with Crippen molar-refractivity contribution in [3.05, 3.63) is 23.8 Å². The lowest BCUT2D eigenvalue weighted by Gasteiger charge is -2.05.